The van der Waals surface area contributed by atoms with Crippen molar-refractivity contribution in [2.24, 2.45) is 0 Å². The fourth-order valence-corrected chi connectivity index (χ4v) is 6.00. The summed E-state index contributed by atoms with van der Waals surface area (Å²) in [4.78, 5) is 33.4. The Morgan fingerprint density at radius 2 is 1.93 bits per heavy atom. The van der Waals surface area contributed by atoms with E-state index in [-0.39, 0.29) is 22.2 Å². The number of aliphatic hydroxyl groups excluding tert-OH is 1. The predicted molar refractivity (Wildman–Crippen MR) is 173 cm³/mol. The molecule has 0 amide bonds. The number of aromatic nitrogens is 5. The minimum absolute atomic E-state index is 0.0874. The topological polar surface area (TPSA) is 129 Å². The van der Waals surface area contributed by atoms with Gasteiger partial charge in [-0.25, -0.2) is 14.5 Å². The van der Waals surface area contributed by atoms with Gasteiger partial charge in [0.2, 0.25) is 0 Å². The molecule has 0 unspecified atom stereocenters. The van der Waals surface area contributed by atoms with Crippen LogP contribution in [0, 0.1) is 12.7 Å². The molecule has 0 radical (unpaired) electrons. The number of likely N-dealkylation sites (N-methyl/N-ethyl adjacent to an activating group) is 1. The van der Waals surface area contributed by atoms with Crippen molar-refractivity contribution in [3.05, 3.63) is 104 Å². The van der Waals surface area contributed by atoms with E-state index in [1.807, 2.05) is 39.1 Å². The van der Waals surface area contributed by atoms with Gasteiger partial charge in [-0.05, 0) is 73.7 Å². The lowest BCUT2D eigenvalue weighted by Crippen LogP contribution is -2.24. The highest BCUT2D eigenvalue weighted by molar-refractivity contribution is 5.83. The fourth-order valence-electron chi connectivity index (χ4n) is 6.00. The number of fused-ring (bicyclic) bond motifs is 1. The number of nitrogens with zero attached hydrogens (tertiary/aromatic N) is 5. The molecule has 1 aliphatic heterocycles. The van der Waals surface area contributed by atoms with Gasteiger partial charge in [0.1, 0.15) is 17.3 Å². The Hall–Kier alpha value is -4.74. The van der Waals surface area contributed by atoms with Crippen LogP contribution >= 0.6 is 0 Å². The average molecular weight is 610 g/mol. The zero-order chi connectivity index (χ0) is 32.0. The summed E-state index contributed by atoms with van der Waals surface area (Å²) in [5, 5.41) is 25.2. The number of likely N-dealkylation sites (tertiary alicyclic amines) is 1. The number of hydrogen-bond donors (Lipinski definition) is 3. The highest BCUT2D eigenvalue weighted by Gasteiger charge is 2.23. The molecule has 1 saturated heterocycles. The monoisotopic (exact) mass is 609 g/mol. The van der Waals surface area contributed by atoms with E-state index in [9.17, 15) is 14.7 Å². The summed E-state index contributed by atoms with van der Waals surface area (Å²) in [6, 6.07) is 12.1. The minimum atomic E-state index is -0.649. The van der Waals surface area contributed by atoms with E-state index in [4.69, 9.17) is 0 Å². The maximum absolute atomic E-state index is 15.3. The van der Waals surface area contributed by atoms with Crippen LogP contribution in [0.15, 0.2) is 64.4 Å². The molecule has 3 N–H and O–H groups in total. The summed E-state index contributed by atoms with van der Waals surface area (Å²) in [6.45, 7) is 9.23. The van der Waals surface area contributed by atoms with Crippen LogP contribution in [-0.4, -0.2) is 55.1 Å². The lowest BCUT2D eigenvalue weighted by Gasteiger charge is -2.20. The van der Waals surface area contributed by atoms with Crippen LogP contribution in [0.2, 0.25) is 0 Å². The highest BCUT2D eigenvalue weighted by atomic mass is 19.1. The highest BCUT2D eigenvalue weighted by Crippen LogP contribution is 2.32. The number of aliphatic hydroxyl groups is 1. The molecule has 45 heavy (non-hydrogen) atoms. The second-order valence-electron chi connectivity index (χ2n) is 12.7. The second kappa shape index (κ2) is 11.6. The van der Waals surface area contributed by atoms with Gasteiger partial charge in [-0.15, -0.1) is 0 Å². The molecule has 0 saturated carbocycles. The summed E-state index contributed by atoms with van der Waals surface area (Å²) in [5.74, 6) is 0.308. The SMILES string of the molecule is Cc1c(-c2cccc(-n3ncc4cc(C(C)(C)C)cc(F)c4c3=O)c2CO)n[nH]c(=O)c1Nc1ccc([C@H]2CCN(C)C2)cn1. The van der Waals surface area contributed by atoms with Crippen LogP contribution in [-0.2, 0) is 12.0 Å². The molecule has 3 aromatic heterocycles. The Morgan fingerprint density at radius 1 is 1.13 bits per heavy atom. The Morgan fingerprint density at radius 3 is 2.60 bits per heavy atom. The second-order valence-corrected chi connectivity index (χ2v) is 12.7. The van der Waals surface area contributed by atoms with Crippen molar-refractivity contribution in [3.63, 3.8) is 0 Å². The first-order chi connectivity index (χ1) is 21.5. The van der Waals surface area contributed by atoms with Gasteiger partial charge in [0, 0.05) is 34.8 Å². The molecule has 10 nitrogen and oxygen atoms in total. The van der Waals surface area contributed by atoms with E-state index < -0.39 is 23.5 Å². The van der Waals surface area contributed by atoms with E-state index in [1.165, 1.54) is 12.3 Å². The number of rotatable bonds is 6. The molecule has 1 fully saturated rings. The van der Waals surface area contributed by atoms with E-state index in [2.05, 4.69) is 37.5 Å². The molecule has 1 atom stereocenters. The van der Waals surface area contributed by atoms with Gasteiger partial charge >= 0.3 is 0 Å². The van der Waals surface area contributed by atoms with E-state index in [1.54, 1.807) is 31.2 Å². The quantitative estimate of drug-likeness (QED) is 0.247. The number of aromatic amines is 1. The van der Waals surface area contributed by atoms with Crippen LogP contribution in [0.1, 0.15) is 55.4 Å². The molecule has 11 heteroatoms. The molecule has 0 spiro atoms. The number of H-pyrrole nitrogens is 1. The number of hydrogen-bond acceptors (Lipinski definition) is 8. The third-order valence-corrected chi connectivity index (χ3v) is 8.63. The Labute approximate surface area is 259 Å². The summed E-state index contributed by atoms with van der Waals surface area (Å²) in [7, 11) is 2.11. The number of anilines is 2. The number of halogens is 1. The molecule has 1 aliphatic rings. The van der Waals surface area contributed by atoms with Gasteiger partial charge in [-0.2, -0.15) is 14.9 Å². The van der Waals surface area contributed by atoms with E-state index in [0.29, 0.717) is 39.5 Å². The fraction of sp³-hybridized carbons (Fsp3) is 0.324. The van der Waals surface area contributed by atoms with Crippen LogP contribution in [0.3, 0.4) is 0 Å². The maximum Gasteiger partial charge on any atom is 0.288 e. The molecule has 0 aliphatic carbocycles. The van der Waals surface area contributed by atoms with Gasteiger partial charge in [-0.3, -0.25) is 9.59 Å². The number of nitrogens with one attached hydrogen (secondary N) is 2. The third-order valence-electron chi connectivity index (χ3n) is 8.63. The van der Waals surface area contributed by atoms with Gasteiger partial charge in [0.05, 0.1) is 29.6 Å². The van der Waals surface area contributed by atoms with Crippen molar-refractivity contribution in [2.45, 2.75) is 52.1 Å². The molecular weight excluding hydrogens is 573 g/mol. The van der Waals surface area contributed by atoms with E-state index >= 15 is 4.39 Å². The van der Waals surface area contributed by atoms with Crippen molar-refractivity contribution in [1.82, 2.24) is 29.9 Å². The maximum atomic E-state index is 15.3. The Bertz CT molecular complexity index is 2030. The predicted octanol–water partition coefficient (Wildman–Crippen LogP) is 4.93. The summed E-state index contributed by atoms with van der Waals surface area (Å²) < 4.78 is 16.4. The summed E-state index contributed by atoms with van der Waals surface area (Å²) in [6.07, 6.45) is 4.38. The zero-order valence-electron chi connectivity index (χ0n) is 26.0. The zero-order valence-corrected chi connectivity index (χ0v) is 26.0. The van der Waals surface area contributed by atoms with Crippen LogP contribution in [0.4, 0.5) is 15.9 Å². The molecular formula is C34H36FN7O3. The normalized spacial score (nSPS) is 15.6. The largest absolute Gasteiger partial charge is 0.392 e. The third kappa shape index (κ3) is 5.65. The summed E-state index contributed by atoms with van der Waals surface area (Å²) in [5.41, 5.74) is 2.78. The first-order valence-corrected chi connectivity index (χ1v) is 14.9. The van der Waals surface area contributed by atoms with Crippen LogP contribution in [0.25, 0.3) is 27.7 Å². The molecule has 6 rings (SSSR count). The van der Waals surface area contributed by atoms with Crippen molar-refractivity contribution >= 4 is 22.3 Å². The van der Waals surface area contributed by atoms with Crippen LogP contribution < -0.4 is 16.4 Å². The average Bonchev–Trinajstić information content (AvgIpc) is 3.45. The molecule has 5 aromatic rings. The lowest BCUT2D eigenvalue weighted by atomic mass is 9.86. The van der Waals surface area contributed by atoms with Crippen molar-refractivity contribution in [3.8, 4) is 16.9 Å². The van der Waals surface area contributed by atoms with Crippen molar-refractivity contribution < 1.29 is 9.50 Å². The van der Waals surface area contributed by atoms with Crippen molar-refractivity contribution in [2.75, 3.05) is 25.5 Å². The molecule has 232 valence electrons. The molecule has 2 aromatic carbocycles. The number of pyridine rings is 1. The standard InChI is InChI=1S/C34H36FN7O3/c1-19-30(39-40-32(44)31(19)38-28-10-9-20(15-36-28)21-11-12-41(5)17-21)24-7-6-8-27(25(24)18-43)42-33(45)29-22(16-37-42)13-23(14-26(29)35)34(2,3)4/h6-10,13-16,21,43H,11-12,17-18H2,1-5H3,(H,40,44)(H,36,38,39)/t21-/m0/s1. The first-order valence-electron chi connectivity index (χ1n) is 14.9. The van der Waals surface area contributed by atoms with Gasteiger partial charge in [0.25, 0.3) is 11.1 Å². The van der Waals surface area contributed by atoms with Crippen molar-refractivity contribution in [1.29, 1.82) is 0 Å². The van der Waals surface area contributed by atoms with Gasteiger partial charge in [0.15, 0.2) is 0 Å². The minimum Gasteiger partial charge on any atom is -0.392 e. The summed E-state index contributed by atoms with van der Waals surface area (Å²) >= 11 is 0. The Kier molecular flexibility index (Phi) is 7.84. The first kappa shape index (κ1) is 30.3. The van der Waals surface area contributed by atoms with E-state index in [0.717, 1.165) is 35.3 Å². The van der Waals surface area contributed by atoms with Crippen LogP contribution in [0.5, 0.6) is 0 Å². The molecule has 0 bridgehead atoms. The lowest BCUT2D eigenvalue weighted by molar-refractivity contribution is 0.281. The Balaban J connectivity index is 1.39. The van der Waals surface area contributed by atoms with Gasteiger partial charge in [-0.1, -0.05) is 39.0 Å². The molecule has 4 heterocycles. The smallest absolute Gasteiger partial charge is 0.288 e. The number of benzene rings is 2. The van der Waals surface area contributed by atoms with Gasteiger partial charge < -0.3 is 15.3 Å².